The average Bonchev–Trinajstić information content (AvgIpc) is 2.96. The second-order valence-electron chi connectivity index (χ2n) is 8.69. The van der Waals surface area contributed by atoms with E-state index < -0.39 is 9.85 Å². The largest absolute Gasteiger partial charge is 0.457 e. The molecule has 5 aromatic rings. The molecule has 0 atom stereocenters. The van der Waals surface area contributed by atoms with Crippen LogP contribution < -0.4 is 9.47 Å². The van der Waals surface area contributed by atoms with Crippen LogP contribution in [0.2, 0.25) is 0 Å². The molecule has 5 rings (SSSR count). The van der Waals surface area contributed by atoms with Gasteiger partial charge in [0.2, 0.25) is 0 Å². The fourth-order valence-corrected chi connectivity index (χ4v) is 4.22. The molecule has 0 aromatic heterocycles. The molecule has 0 unspecified atom stereocenters. The van der Waals surface area contributed by atoms with E-state index in [1.54, 1.807) is 24.3 Å². The van der Waals surface area contributed by atoms with Gasteiger partial charge in [0.25, 0.3) is 11.4 Å². The van der Waals surface area contributed by atoms with Crippen molar-refractivity contribution in [2.45, 2.75) is 5.92 Å². The van der Waals surface area contributed by atoms with Crippen LogP contribution in [0.15, 0.2) is 127 Å². The van der Waals surface area contributed by atoms with Gasteiger partial charge in [-0.3, -0.25) is 20.2 Å². The number of nitrogens with zero attached hydrogens (tertiary/aromatic N) is 2. The minimum absolute atomic E-state index is 0.00700. The first kappa shape index (κ1) is 25.2. The predicted molar refractivity (Wildman–Crippen MR) is 147 cm³/mol. The van der Waals surface area contributed by atoms with Crippen LogP contribution in [-0.4, -0.2) is 9.85 Å². The third kappa shape index (κ3) is 6.08. The summed E-state index contributed by atoms with van der Waals surface area (Å²) in [4.78, 5) is 20.9. The number of hydrogen-bond donors (Lipinski definition) is 0. The van der Waals surface area contributed by atoms with Gasteiger partial charge < -0.3 is 9.47 Å². The van der Waals surface area contributed by atoms with E-state index in [4.69, 9.17) is 9.47 Å². The van der Waals surface area contributed by atoms with Gasteiger partial charge in [0.15, 0.2) is 0 Å². The minimum Gasteiger partial charge on any atom is -0.457 e. The van der Waals surface area contributed by atoms with Gasteiger partial charge in [0.1, 0.15) is 23.0 Å². The second kappa shape index (κ2) is 11.3. The molecule has 192 valence electrons. The van der Waals surface area contributed by atoms with Crippen LogP contribution in [0, 0.1) is 20.2 Å². The van der Waals surface area contributed by atoms with Crippen LogP contribution in [0.5, 0.6) is 23.0 Å². The fourth-order valence-electron chi connectivity index (χ4n) is 4.22. The van der Waals surface area contributed by atoms with Crippen molar-refractivity contribution in [1.82, 2.24) is 0 Å². The van der Waals surface area contributed by atoms with Crippen LogP contribution >= 0.6 is 0 Å². The molecule has 0 aliphatic rings. The molecule has 0 aliphatic carbocycles. The normalized spacial score (nSPS) is 10.7. The van der Waals surface area contributed by atoms with E-state index in [0.29, 0.717) is 23.0 Å². The highest BCUT2D eigenvalue weighted by Crippen LogP contribution is 2.35. The lowest BCUT2D eigenvalue weighted by atomic mass is 9.85. The van der Waals surface area contributed by atoms with E-state index in [1.807, 2.05) is 66.7 Å². The van der Waals surface area contributed by atoms with Crippen LogP contribution in [-0.2, 0) is 0 Å². The summed E-state index contributed by atoms with van der Waals surface area (Å²) < 4.78 is 11.8. The van der Waals surface area contributed by atoms with Crippen LogP contribution in [0.1, 0.15) is 22.6 Å². The zero-order valence-corrected chi connectivity index (χ0v) is 20.5. The molecule has 0 saturated heterocycles. The molecular weight excluding hydrogens is 496 g/mol. The number of nitro groups is 2. The lowest BCUT2D eigenvalue weighted by Crippen LogP contribution is -2.03. The first-order valence-corrected chi connectivity index (χ1v) is 12.1. The van der Waals surface area contributed by atoms with E-state index in [0.717, 1.165) is 16.7 Å². The molecule has 8 heteroatoms. The summed E-state index contributed by atoms with van der Waals surface area (Å²) in [6.45, 7) is 0. The van der Waals surface area contributed by atoms with E-state index in [2.05, 4.69) is 12.1 Å². The number of non-ortho nitro benzene ring substituents is 2. The molecule has 8 nitrogen and oxygen atoms in total. The Bertz CT molecular complexity index is 1470. The summed E-state index contributed by atoms with van der Waals surface area (Å²) in [5.41, 5.74) is 3.24. The molecule has 0 saturated carbocycles. The van der Waals surface area contributed by atoms with Gasteiger partial charge in [-0.1, -0.05) is 54.6 Å². The highest BCUT2D eigenvalue weighted by atomic mass is 16.6. The monoisotopic (exact) mass is 518 g/mol. The summed E-state index contributed by atoms with van der Waals surface area (Å²) in [6.07, 6.45) is 0. The van der Waals surface area contributed by atoms with Crippen molar-refractivity contribution in [3.05, 3.63) is 164 Å². The quantitative estimate of drug-likeness (QED) is 0.110. The highest BCUT2D eigenvalue weighted by molar-refractivity contribution is 5.47. The molecule has 0 amide bonds. The Hall–Kier alpha value is -5.50. The van der Waals surface area contributed by atoms with Crippen molar-refractivity contribution in [2.75, 3.05) is 0 Å². The van der Waals surface area contributed by atoms with Crippen molar-refractivity contribution < 1.29 is 19.3 Å². The zero-order valence-electron chi connectivity index (χ0n) is 20.5. The molecule has 39 heavy (non-hydrogen) atoms. The van der Waals surface area contributed by atoms with Crippen molar-refractivity contribution in [2.24, 2.45) is 0 Å². The maximum absolute atomic E-state index is 10.9. The highest BCUT2D eigenvalue weighted by Gasteiger charge is 2.17. The van der Waals surface area contributed by atoms with Gasteiger partial charge in [0.05, 0.1) is 9.85 Å². The number of hydrogen-bond acceptors (Lipinski definition) is 6. The van der Waals surface area contributed by atoms with E-state index >= 15 is 0 Å². The molecule has 0 N–H and O–H groups in total. The summed E-state index contributed by atoms with van der Waals surface area (Å²) in [5.74, 6) is 2.21. The van der Waals surface area contributed by atoms with Crippen molar-refractivity contribution in [1.29, 1.82) is 0 Å². The van der Waals surface area contributed by atoms with Gasteiger partial charge >= 0.3 is 0 Å². The van der Waals surface area contributed by atoms with Crippen molar-refractivity contribution in [3.63, 3.8) is 0 Å². The van der Waals surface area contributed by atoms with E-state index in [-0.39, 0.29) is 17.3 Å². The maximum atomic E-state index is 10.9. The minimum atomic E-state index is -0.448. The fraction of sp³-hybridized carbons (Fsp3) is 0.0323. The molecule has 0 spiro atoms. The Morgan fingerprint density at radius 1 is 0.436 bits per heavy atom. The third-order valence-electron chi connectivity index (χ3n) is 6.13. The Kier molecular flexibility index (Phi) is 7.27. The number of rotatable bonds is 9. The third-order valence-corrected chi connectivity index (χ3v) is 6.13. The number of benzene rings is 5. The van der Waals surface area contributed by atoms with Crippen LogP contribution in [0.25, 0.3) is 0 Å². The molecule has 0 aliphatic heterocycles. The second-order valence-corrected chi connectivity index (χ2v) is 8.69. The Balaban J connectivity index is 1.36. The standard InChI is InChI=1S/C31H22N2O6/c34-32(35)25-10-18-29(19-11-25)38-27-14-6-23(7-15-27)31(22-4-2-1-3-5-22)24-8-16-28(17-9-24)39-30-20-12-26(13-21-30)33(36)37/h1-21,31H. The number of ether oxygens (including phenoxy) is 2. The average molecular weight is 519 g/mol. The first-order valence-electron chi connectivity index (χ1n) is 12.1. The van der Waals surface area contributed by atoms with Gasteiger partial charge in [-0.15, -0.1) is 0 Å². The van der Waals surface area contributed by atoms with Crippen LogP contribution in [0.4, 0.5) is 11.4 Å². The van der Waals surface area contributed by atoms with Crippen LogP contribution in [0.3, 0.4) is 0 Å². The topological polar surface area (TPSA) is 105 Å². The van der Waals surface area contributed by atoms with Crippen molar-refractivity contribution in [3.8, 4) is 23.0 Å². The Labute approximate surface area is 224 Å². The number of nitro benzene ring substituents is 2. The summed E-state index contributed by atoms with van der Waals surface area (Å²) >= 11 is 0. The lowest BCUT2D eigenvalue weighted by Gasteiger charge is -2.20. The van der Waals surface area contributed by atoms with E-state index in [9.17, 15) is 20.2 Å². The van der Waals surface area contributed by atoms with Gasteiger partial charge in [-0.25, -0.2) is 0 Å². The lowest BCUT2D eigenvalue weighted by molar-refractivity contribution is -0.385. The SMILES string of the molecule is O=[N+]([O-])c1ccc(Oc2ccc(C(c3ccccc3)c3ccc(Oc4ccc([N+](=O)[O-])cc4)cc3)cc2)cc1. The van der Waals surface area contributed by atoms with E-state index in [1.165, 1.54) is 24.3 Å². The molecule has 0 fully saturated rings. The van der Waals surface area contributed by atoms with Gasteiger partial charge in [0, 0.05) is 30.2 Å². The first-order chi connectivity index (χ1) is 19.0. The summed E-state index contributed by atoms with van der Waals surface area (Å²) in [5, 5.41) is 21.8. The summed E-state index contributed by atoms with van der Waals surface area (Å²) in [6, 6.07) is 37.5. The molecule has 0 bridgehead atoms. The molecule has 0 radical (unpaired) electrons. The predicted octanol–water partition coefficient (Wildman–Crippen LogP) is 8.27. The molecule has 5 aromatic carbocycles. The maximum Gasteiger partial charge on any atom is 0.269 e. The van der Waals surface area contributed by atoms with Gasteiger partial charge in [-0.2, -0.15) is 0 Å². The van der Waals surface area contributed by atoms with Gasteiger partial charge in [-0.05, 0) is 65.2 Å². The zero-order chi connectivity index (χ0) is 27.2. The molecule has 0 heterocycles. The van der Waals surface area contributed by atoms with Crippen molar-refractivity contribution >= 4 is 11.4 Å². The Morgan fingerprint density at radius 2 is 0.744 bits per heavy atom. The summed E-state index contributed by atoms with van der Waals surface area (Å²) in [7, 11) is 0. The smallest absolute Gasteiger partial charge is 0.269 e. The Morgan fingerprint density at radius 3 is 1.08 bits per heavy atom. The molecular formula is C31H22N2O6.